The zero-order valence-electron chi connectivity index (χ0n) is 19.5. The van der Waals surface area contributed by atoms with Gasteiger partial charge in [-0.25, -0.2) is 4.79 Å². The summed E-state index contributed by atoms with van der Waals surface area (Å²) in [5.41, 5.74) is 1.02. The molecule has 0 saturated carbocycles. The molecule has 1 amide bonds. The van der Waals surface area contributed by atoms with E-state index in [1.807, 2.05) is 48.5 Å². The second-order valence-corrected chi connectivity index (χ2v) is 9.27. The van der Waals surface area contributed by atoms with Gasteiger partial charge in [0.05, 0.1) is 25.0 Å². The molecule has 0 aliphatic carbocycles. The van der Waals surface area contributed by atoms with Crippen molar-refractivity contribution in [2.24, 2.45) is 0 Å². The number of fused-ring (bicyclic) bond motifs is 1. The summed E-state index contributed by atoms with van der Waals surface area (Å²) in [6.45, 7) is 4.97. The Bertz CT molecular complexity index is 1030. The molecular formula is C26H33NO6. The molecule has 1 aromatic heterocycles. The van der Waals surface area contributed by atoms with E-state index in [9.17, 15) is 15.0 Å². The second-order valence-electron chi connectivity index (χ2n) is 9.27. The monoisotopic (exact) mass is 455 g/mol. The van der Waals surface area contributed by atoms with Crippen LogP contribution in [0.1, 0.15) is 44.7 Å². The first-order chi connectivity index (χ1) is 15.7. The minimum atomic E-state index is -1.15. The molecule has 178 valence electrons. The highest BCUT2D eigenvalue weighted by Gasteiger charge is 2.32. The summed E-state index contributed by atoms with van der Waals surface area (Å²) >= 11 is 0. The standard InChI is InChI=1S/C26H33NO6/c1-25(2,3)33-24(30)27-26(17-28,18-29)13-7-10-20-16-32-23-14-21(11-12-22(20)23)31-15-19-8-5-4-6-9-19/h4-6,8-9,11-12,14,16,28-29H,7,10,13,15,17-18H2,1-3H3,(H,27,30). The van der Waals surface area contributed by atoms with Crippen molar-refractivity contribution < 1.29 is 28.9 Å². The van der Waals surface area contributed by atoms with E-state index in [0.717, 1.165) is 27.8 Å². The Balaban J connectivity index is 1.59. The van der Waals surface area contributed by atoms with Gasteiger partial charge in [0, 0.05) is 11.5 Å². The number of hydrogen-bond donors (Lipinski definition) is 3. The van der Waals surface area contributed by atoms with Crippen molar-refractivity contribution in [1.29, 1.82) is 0 Å². The number of carbonyl (C=O) groups excluding carboxylic acids is 1. The Kier molecular flexibility index (Phi) is 8.00. The molecule has 7 nitrogen and oxygen atoms in total. The summed E-state index contributed by atoms with van der Waals surface area (Å²) in [6, 6.07) is 15.7. The summed E-state index contributed by atoms with van der Waals surface area (Å²) in [5.74, 6) is 0.730. The fourth-order valence-electron chi connectivity index (χ4n) is 3.57. The fourth-order valence-corrected chi connectivity index (χ4v) is 3.57. The molecule has 0 saturated heterocycles. The molecule has 1 heterocycles. The van der Waals surface area contributed by atoms with Crippen molar-refractivity contribution in [2.75, 3.05) is 13.2 Å². The average molecular weight is 456 g/mol. The highest BCUT2D eigenvalue weighted by molar-refractivity contribution is 5.82. The van der Waals surface area contributed by atoms with Crippen molar-refractivity contribution in [3.63, 3.8) is 0 Å². The molecule has 33 heavy (non-hydrogen) atoms. The van der Waals surface area contributed by atoms with Gasteiger partial charge in [-0.05, 0) is 63.3 Å². The quantitative estimate of drug-likeness (QED) is 0.414. The number of benzene rings is 2. The summed E-state index contributed by atoms with van der Waals surface area (Å²) in [5, 5.41) is 23.3. The van der Waals surface area contributed by atoms with Gasteiger partial charge in [-0.1, -0.05) is 30.3 Å². The summed E-state index contributed by atoms with van der Waals surface area (Å²) in [4.78, 5) is 12.2. The number of nitrogens with one attached hydrogen (secondary N) is 1. The van der Waals surface area contributed by atoms with Crippen LogP contribution in [0.25, 0.3) is 11.0 Å². The third kappa shape index (κ3) is 6.97. The summed E-state index contributed by atoms with van der Waals surface area (Å²) in [7, 11) is 0. The lowest BCUT2D eigenvalue weighted by molar-refractivity contribution is 0.0271. The molecule has 0 radical (unpaired) electrons. The molecule has 3 N–H and O–H groups in total. The van der Waals surface area contributed by atoms with E-state index in [1.165, 1.54) is 0 Å². The molecule has 3 aromatic rings. The number of alkyl carbamates (subject to hydrolysis) is 1. The van der Waals surface area contributed by atoms with Crippen LogP contribution in [-0.4, -0.2) is 40.7 Å². The number of hydrogen-bond acceptors (Lipinski definition) is 6. The van der Waals surface area contributed by atoms with Crippen LogP contribution in [0.2, 0.25) is 0 Å². The van der Waals surface area contributed by atoms with Crippen LogP contribution < -0.4 is 10.1 Å². The first kappa shape index (κ1) is 24.6. The largest absolute Gasteiger partial charge is 0.489 e. The fraction of sp³-hybridized carbons (Fsp3) is 0.423. The Morgan fingerprint density at radius 2 is 1.79 bits per heavy atom. The molecule has 3 rings (SSSR count). The number of aliphatic hydroxyl groups excluding tert-OH is 2. The van der Waals surface area contributed by atoms with E-state index < -0.39 is 30.4 Å². The van der Waals surface area contributed by atoms with Crippen LogP contribution in [0.5, 0.6) is 5.75 Å². The van der Waals surface area contributed by atoms with Crippen molar-refractivity contribution in [3.8, 4) is 5.75 Å². The van der Waals surface area contributed by atoms with Gasteiger partial charge >= 0.3 is 6.09 Å². The lowest BCUT2D eigenvalue weighted by Gasteiger charge is -2.32. The topological polar surface area (TPSA) is 101 Å². The van der Waals surface area contributed by atoms with Gasteiger partial charge < -0.3 is 29.4 Å². The third-order valence-electron chi connectivity index (χ3n) is 5.35. The zero-order valence-corrected chi connectivity index (χ0v) is 19.5. The molecule has 0 aliphatic rings. The number of aliphatic hydroxyl groups is 2. The van der Waals surface area contributed by atoms with Crippen LogP contribution in [0, 0.1) is 0 Å². The number of ether oxygens (including phenoxy) is 2. The van der Waals surface area contributed by atoms with Crippen LogP contribution in [0.4, 0.5) is 4.79 Å². The van der Waals surface area contributed by atoms with E-state index in [-0.39, 0.29) is 0 Å². The average Bonchev–Trinajstić information content (AvgIpc) is 3.18. The van der Waals surface area contributed by atoms with E-state index in [4.69, 9.17) is 13.9 Å². The number of furan rings is 1. The maximum Gasteiger partial charge on any atom is 0.408 e. The van der Waals surface area contributed by atoms with Crippen LogP contribution >= 0.6 is 0 Å². The Hall–Kier alpha value is -3.03. The molecule has 0 atom stereocenters. The molecule has 0 aliphatic heterocycles. The van der Waals surface area contributed by atoms with Crippen LogP contribution in [0.15, 0.2) is 59.2 Å². The van der Waals surface area contributed by atoms with Crippen molar-refractivity contribution >= 4 is 17.1 Å². The molecule has 0 unspecified atom stereocenters. The zero-order chi connectivity index (χ0) is 23.9. The minimum Gasteiger partial charge on any atom is -0.489 e. The minimum absolute atomic E-state index is 0.379. The Morgan fingerprint density at radius 1 is 1.06 bits per heavy atom. The molecule has 7 heteroatoms. The van der Waals surface area contributed by atoms with Gasteiger partial charge in [-0.15, -0.1) is 0 Å². The number of rotatable bonds is 10. The maximum atomic E-state index is 12.2. The third-order valence-corrected chi connectivity index (χ3v) is 5.35. The Labute approximate surface area is 194 Å². The molecule has 0 bridgehead atoms. The highest BCUT2D eigenvalue weighted by Crippen LogP contribution is 2.28. The first-order valence-electron chi connectivity index (χ1n) is 11.1. The molecule has 0 spiro atoms. The summed E-state index contributed by atoms with van der Waals surface area (Å²) < 4.78 is 16.9. The summed E-state index contributed by atoms with van der Waals surface area (Å²) in [6.07, 6.45) is 2.71. The molecule has 2 aromatic carbocycles. The highest BCUT2D eigenvalue weighted by atomic mass is 16.6. The number of aryl methyl sites for hydroxylation is 1. The van der Waals surface area contributed by atoms with Gasteiger partial charge in [-0.3, -0.25) is 0 Å². The lowest BCUT2D eigenvalue weighted by atomic mass is 9.93. The second kappa shape index (κ2) is 10.7. The van der Waals surface area contributed by atoms with Crippen molar-refractivity contribution in [3.05, 3.63) is 65.9 Å². The first-order valence-corrected chi connectivity index (χ1v) is 11.1. The lowest BCUT2D eigenvalue weighted by Crippen LogP contribution is -2.55. The van der Waals surface area contributed by atoms with Gasteiger partial charge in [0.2, 0.25) is 0 Å². The van der Waals surface area contributed by atoms with Crippen LogP contribution in [-0.2, 0) is 17.8 Å². The predicted octanol–water partition coefficient (Wildman–Crippen LogP) is 4.58. The molecule has 0 fully saturated rings. The van der Waals surface area contributed by atoms with E-state index in [0.29, 0.717) is 25.9 Å². The SMILES string of the molecule is CC(C)(C)OC(=O)NC(CO)(CO)CCCc1coc2cc(OCc3ccccc3)ccc12. The predicted molar refractivity (Wildman–Crippen MR) is 126 cm³/mol. The van der Waals surface area contributed by atoms with Gasteiger partial charge in [0.15, 0.2) is 0 Å². The maximum absolute atomic E-state index is 12.2. The molecular weight excluding hydrogens is 422 g/mol. The van der Waals surface area contributed by atoms with E-state index in [1.54, 1.807) is 27.0 Å². The Morgan fingerprint density at radius 3 is 2.45 bits per heavy atom. The van der Waals surface area contributed by atoms with Crippen LogP contribution in [0.3, 0.4) is 0 Å². The van der Waals surface area contributed by atoms with E-state index in [2.05, 4.69) is 5.32 Å². The van der Waals surface area contributed by atoms with Crippen molar-refractivity contribution in [1.82, 2.24) is 5.32 Å². The van der Waals surface area contributed by atoms with Crippen molar-refractivity contribution in [2.45, 2.75) is 57.8 Å². The number of amides is 1. The smallest absolute Gasteiger partial charge is 0.408 e. The van der Waals surface area contributed by atoms with Gasteiger partial charge in [0.25, 0.3) is 0 Å². The number of carbonyl (C=O) groups is 1. The van der Waals surface area contributed by atoms with Gasteiger partial charge in [-0.2, -0.15) is 0 Å². The normalized spacial score (nSPS) is 12.0. The van der Waals surface area contributed by atoms with Gasteiger partial charge in [0.1, 0.15) is 23.5 Å². The van der Waals surface area contributed by atoms with E-state index >= 15 is 0 Å².